The van der Waals surface area contributed by atoms with Crippen molar-refractivity contribution in [2.75, 3.05) is 13.7 Å². The maximum Gasteiger partial charge on any atom is 0.120 e. The van der Waals surface area contributed by atoms with Crippen molar-refractivity contribution >= 4 is 11.6 Å². The van der Waals surface area contributed by atoms with E-state index in [0.717, 1.165) is 17.3 Å². The van der Waals surface area contributed by atoms with Gasteiger partial charge in [-0.1, -0.05) is 51.3 Å². The molecule has 0 aliphatic rings. The van der Waals surface area contributed by atoms with Gasteiger partial charge < -0.3 is 10.1 Å². The predicted octanol–water partition coefficient (Wildman–Crippen LogP) is 5.22. The van der Waals surface area contributed by atoms with Gasteiger partial charge in [-0.15, -0.1) is 0 Å². The van der Waals surface area contributed by atoms with E-state index in [4.69, 9.17) is 16.3 Å². The van der Waals surface area contributed by atoms with E-state index >= 15 is 0 Å². The van der Waals surface area contributed by atoms with Gasteiger partial charge in [-0.2, -0.15) is 0 Å². The fraction of sp³-hybridized carbons (Fsp3) is 0.647. The minimum absolute atomic E-state index is 0.332. The molecule has 2 nitrogen and oxygen atoms in total. The van der Waals surface area contributed by atoms with Crippen molar-refractivity contribution < 1.29 is 4.74 Å². The average Bonchev–Trinajstić information content (AvgIpc) is 2.45. The van der Waals surface area contributed by atoms with Crippen LogP contribution >= 0.6 is 11.6 Å². The van der Waals surface area contributed by atoms with Crippen LogP contribution in [0.3, 0.4) is 0 Å². The molecule has 0 saturated carbocycles. The van der Waals surface area contributed by atoms with Crippen molar-refractivity contribution in [3.8, 4) is 5.75 Å². The first-order chi connectivity index (χ1) is 9.67. The molecule has 1 aromatic carbocycles. The van der Waals surface area contributed by atoms with E-state index in [0.29, 0.717) is 12.0 Å². The van der Waals surface area contributed by atoms with Gasteiger partial charge >= 0.3 is 0 Å². The van der Waals surface area contributed by atoms with Crippen LogP contribution in [0.5, 0.6) is 5.75 Å². The number of rotatable bonds is 9. The Morgan fingerprint density at radius 3 is 2.25 bits per heavy atom. The summed E-state index contributed by atoms with van der Waals surface area (Å²) in [6.45, 7) is 7.61. The Hall–Kier alpha value is -0.730. The molecule has 114 valence electrons. The molecule has 0 heterocycles. The fourth-order valence-corrected chi connectivity index (χ4v) is 3.14. The molecule has 1 atom stereocenters. The lowest BCUT2D eigenvalue weighted by atomic mass is 9.86. The standard InChI is InChI=1S/C17H28ClNO/c1-5-8-13(9-6-2)17(19-7-3)15-11-10-14(20-4)12-16(15)18/h10-13,17,19H,5-9H2,1-4H3. The number of hydrogen-bond acceptors (Lipinski definition) is 2. The molecule has 1 rings (SSSR count). The highest BCUT2D eigenvalue weighted by Crippen LogP contribution is 2.35. The second kappa shape index (κ2) is 9.25. The third kappa shape index (κ3) is 4.68. The molecule has 0 bridgehead atoms. The van der Waals surface area contributed by atoms with Crippen LogP contribution in [0, 0.1) is 5.92 Å². The molecule has 1 aromatic rings. The molecule has 0 radical (unpaired) electrons. The van der Waals surface area contributed by atoms with Gasteiger partial charge in [0, 0.05) is 11.1 Å². The lowest BCUT2D eigenvalue weighted by Gasteiger charge is -2.29. The largest absolute Gasteiger partial charge is 0.497 e. The van der Waals surface area contributed by atoms with Crippen molar-refractivity contribution in [2.45, 2.75) is 52.5 Å². The quantitative estimate of drug-likeness (QED) is 0.675. The Kier molecular flexibility index (Phi) is 8.01. The monoisotopic (exact) mass is 297 g/mol. The minimum atomic E-state index is 0.332. The Morgan fingerprint density at radius 1 is 1.15 bits per heavy atom. The summed E-state index contributed by atoms with van der Waals surface area (Å²) in [5.41, 5.74) is 1.20. The Morgan fingerprint density at radius 2 is 1.80 bits per heavy atom. The van der Waals surface area contributed by atoms with E-state index in [1.54, 1.807) is 7.11 Å². The second-order valence-electron chi connectivity index (χ2n) is 5.26. The summed E-state index contributed by atoms with van der Waals surface area (Å²) in [5.74, 6) is 1.45. The highest BCUT2D eigenvalue weighted by molar-refractivity contribution is 6.31. The number of hydrogen-bond donors (Lipinski definition) is 1. The zero-order valence-electron chi connectivity index (χ0n) is 13.2. The Bertz CT molecular complexity index is 389. The summed E-state index contributed by atoms with van der Waals surface area (Å²) in [5, 5.41) is 4.42. The van der Waals surface area contributed by atoms with Gasteiger partial charge in [0.2, 0.25) is 0 Å². The van der Waals surface area contributed by atoms with Crippen LogP contribution in [-0.2, 0) is 0 Å². The summed E-state index contributed by atoms with van der Waals surface area (Å²) in [7, 11) is 1.67. The molecular formula is C17H28ClNO. The van der Waals surface area contributed by atoms with Gasteiger partial charge in [0.05, 0.1) is 7.11 Å². The van der Waals surface area contributed by atoms with E-state index in [1.807, 2.05) is 12.1 Å². The number of benzene rings is 1. The fourth-order valence-electron chi connectivity index (χ4n) is 2.86. The zero-order chi connectivity index (χ0) is 15.0. The Labute approximate surface area is 128 Å². The molecule has 1 N–H and O–H groups in total. The topological polar surface area (TPSA) is 21.3 Å². The summed E-state index contributed by atoms with van der Waals surface area (Å²) < 4.78 is 5.24. The molecule has 3 heteroatoms. The molecule has 0 aliphatic carbocycles. The number of nitrogens with one attached hydrogen (secondary N) is 1. The molecule has 20 heavy (non-hydrogen) atoms. The van der Waals surface area contributed by atoms with E-state index in [2.05, 4.69) is 32.2 Å². The maximum atomic E-state index is 6.46. The van der Waals surface area contributed by atoms with E-state index in [-0.39, 0.29) is 0 Å². The van der Waals surface area contributed by atoms with Crippen molar-refractivity contribution in [1.29, 1.82) is 0 Å². The average molecular weight is 298 g/mol. The van der Waals surface area contributed by atoms with Crippen LogP contribution in [0.25, 0.3) is 0 Å². The molecule has 1 unspecified atom stereocenters. The van der Waals surface area contributed by atoms with Gasteiger partial charge in [0.1, 0.15) is 5.75 Å². The van der Waals surface area contributed by atoms with Crippen molar-refractivity contribution in [3.63, 3.8) is 0 Å². The number of methoxy groups -OCH3 is 1. The number of halogens is 1. The van der Waals surface area contributed by atoms with Gasteiger partial charge in [0.15, 0.2) is 0 Å². The molecule has 0 saturated heterocycles. The predicted molar refractivity (Wildman–Crippen MR) is 87.7 cm³/mol. The first-order valence-corrected chi connectivity index (χ1v) is 8.12. The zero-order valence-corrected chi connectivity index (χ0v) is 14.0. The molecule has 0 spiro atoms. The molecular weight excluding hydrogens is 270 g/mol. The molecule has 0 fully saturated rings. The Balaban J connectivity index is 3.04. The highest BCUT2D eigenvalue weighted by atomic mass is 35.5. The van der Waals surface area contributed by atoms with Crippen LogP contribution in [0.15, 0.2) is 18.2 Å². The normalized spacial score (nSPS) is 12.7. The second-order valence-corrected chi connectivity index (χ2v) is 5.67. The smallest absolute Gasteiger partial charge is 0.120 e. The van der Waals surface area contributed by atoms with Crippen molar-refractivity contribution in [2.24, 2.45) is 5.92 Å². The van der Waals surface area contributed by atoms with Crippen molar-refractivity contribution in [3.05, 3.63) is 28.8 Å². The summed E-state index contributed by atoms with van der Waals surface area (Å²) >= 11 is 6.46. The maximum absolute atomic E-state index is 6.46. The van der Waals surface area contributed by atoms with Gasteiger partial charge in [0.25, 0.3) is 0 Å². The summed E-state index contributed by atoms with van der Waals surface area (Å²) in [4.78, 5) is 0. The minimum Gasteiger partial charge on any atom is -0.497 e. The van der Waals surface area contributed by atoms with Crippen LogP contribution in [-0.4, -0.2) is 13.7 Å². The van der Waals surface area contributed by atoms with Gasteiger partial charge in [-0.3, -0.25) is 0 Å². The van der Waals surface area contributed by atoms with Crippen LogP contribution in [0.4, 0.5) is 0 Å². The highest BCUT2D eigenvalue weighted by Gasteiger charge is 2.23. The van der Waals surface area contributed by atoms with Gasteiger partial charge in [-0.25, -0.2) is 0 Å². The lowest BCUT2D eigenvalue weighted by molar-refractivity contribution is 0.320. The molecule has 0 aromatic heterocycles. The first-order valence-electron chi connectivity index (χ1n) is 7.74. The van der Waals surface area contributed by atoms with Crippen LogP contribution < -0.4 is 10.1 Å². The summed E-state index contributed by atoms with van der Waals surface area (Å²) in [6, 6.07) is 6.35. The molecule has 0 aliphatic heterocycles. The third-order valence-electron chi connectivity index (χ3n) is 3.76. The third-order valence-corrected chi connectivity index (χ3v) is 4.08. The lowest BCUT2D eigenvalue weighted by Crippen LogP contribution is -2.28. The summed E-state index contributed by atoms with van der Waals surface area (Å²) in [6.07, 6.45) is 4.88. The van der Waals surface area contributed by atoms with Crippen LogP contribution in [0.2, 0.25) is 5.02 Å². The van der Waals surface area contributed by atoms with E-state index in [1.165, 1.54) is 31.2 Å². The van der Waals surface area contributed by atoms with Gasteiger partial charge in [-0.05, 0) is 43.0 Å². The number of ether oxygens (including phenoxy) is 1. The molecule has 0 amide bonds. The van der Waals surface area contributed by atoms with E-state index < -0.39 is 0 Å². The van der Waals surface area contributed by atoms with Crippen LogP contribution in [0.1, 0.15) is 58.1 Å². The van der Waals surface area contributed by atoms with Crippen molar-refractivity contribution in [1.82, 2.24) is 5.32 Å². The van der Waals surface area contributed by atoms with E-state index in [9.17, 15) is 0 Å². The SMILES string of the molecule is CCCC(CCC)C(NCC)c1ccc(OC)cc1Cl. The first kappa shape index (κ1) is 17.3.